The number of likely N-dealkylation sites (tertiary alicyclic amines) is 1. The van der Waals surface area contributed by atoms with Crippen LogP contribution in [0.15, 0.2) is 79.1 Å². The highest BCUT2D eigenvalue weighted by Crippen LogP contribution is 2.33. The van der Waals surface area contributed by atoms with Crippen LogP contribution in [0.1, 0.15) is 56.2 Å². The summed E-state index contributed by atoms with van der Waals surface area (Å²) in [6.07, 6.45) is 2.90. The number of hydrogen-bond acceptors (Lipinski definition) is 7. The maximum atomic E-state index is 13.1. The molecule has 1 fully saturated rings. The Morgan fingerprint density at radius 1 is 0.900 bits per heavy atom. The lowest BCUT2D eigenvalue weighted by molar-refractivity contribution is -0.0359. The third-order valence-electron chi connectivity index (χ3n) is 8.71. The van der Waals surface area contributed by atoms with E-state index in [2.05, 4.69) is 67.1 Å². The Labute approximate surface area is 298 Å². The summed E-state index contributed by atoms with van der Waals surface area (Å²) in [5, 5.41) is 0. The third kappa shape index (κ3) is 11.7. The van der Waals surface area contributed by atoms with E-state index < -0.39 is 13.7 Å². The number of ether oxygens (including phenoxy) is 5. The van der Waals surface area contributed by atoms with E-state index >= 15 is 0 Å². The Morgan fingerprint density at radius 3 is 2.42 bits per heavy atom. The predicted molar refractivity (Wildman–Crippen MR) is 200 cm³/mol. The highest BCUT2D eigenvalue weighted by atomic mass is 28.3. The van der Waals surface area contributed by atoms with E-state index in [0.717, 1.165) is 47.8 Å². The van der Waals surface area contributed by atoms with Crippen LogP contribution in [-0.2, 0) is 38.9 Å². The van der Waals surface area contributed by atoms with Gasteiger partial charge in [-0.05, 0) is 74.2 Å². The molecular weight excluding hydrogens is 647 g/mol. The van der Waals surface area contributed by atoms with Gasteiger partial charge in [0.15, 0.2) is 0 Å². The molecule has 3 aromatic carbocycles. The molecule has 0 aliphatic carbocycles. The molecule has 1 aromatic heterocycles. The summed E-state index contributed by atoms with van der Waals surface area (Å²) in [7, 11) is -1.13. The van der Waals surface area contributed by atoms with Gasteiger partial charge in [-0.25, -0.2) is 9.78 Å². The molecule has 1 aliphatic heterocycles. The number of carbonyl (C=O) groups excluding carboxylic acids is 1. The fraction of sp³-hybridized carbons (Fsp3) is 0.500. The number of carbonyl (C=O) groups is 1. The number of nitrogens with zero attached hydrogens (tertiary/aromatic N) is 3. The van der Waals surface area contributed by atoms with Crippen LogP contribution >= 0.6 is 0 Å². The van der Waals surface area contributed by atoms with Crippen molar-refractivity contribution in [3.8, 4) is 5.75 Å². The van der Waals surface area contributed by atoms with Gasteiger partial charge in [0.1, 0.15) is 18.1 Å². The zero-order valence-electron chi connectivity index (χ0n) is 30.7. The maximum Gasteiger partial charge on any atom is 0.410 e. The predicted octanol–water partition coefficient (Wildman–Crippen LogP) is 8.64. The number of hydrogen-bond donors (Lipinski definition) is 0. The highest BCUT2D eigenvalue weighted by Gasteiger charge is 2.35. The number of fused-ring (bicyclic) bond motifs is 1. The normalized spacial score (nSPS) is 16.9. The Kier molecular flexibility index (Phi) is 13.1. The van der Waals surface area contributed by atoms with Gasteiger partial charge in [0.05, 0.1) is 56.4 Å². The van der Waals surface area contributed by atoms with Crippen molar-refractivity contribution in [2.45, 2.75) is 96.9 Å². The van der Waals surface area contributed by atoms with Gasteiger partial charge in [-0.1, -0.05) is 68.2 Å². The van der Waals surface area contributed by atoms with Crippen molar-refractivity contribution >= 4 is 25.2 Å². The van der Waals surface area contributed by atoms with Gasteiger partial charge in [0.2, 0.25) is 0 Å². The summed E-state index contributed by atoms with van der Waals surface area (Å²) in [6, 6.07) is 25.9. The molecular formula is C40H55N3O6Si. The molecule has 1 saturated heterocycles. The fourth-order valence-corrected chi connectivity index (χ4v) is 6.69. The van der Waals surface area contributed by atoms with Crippen molar-refractivity contribution in [1.82, 2.24) is 14.5 Å². The molecule has 50 heavy (non-hydrogen) atoms. The van der Waals surface area contributed by atoms with E-state index in [1.54, 1.807) is 4.90 Å². The molecule has 0 N–H and O–H groups in total. The Morgan fingerprint density at radius 2 is 1.68 bits per heavy atom. The van der Waals surface area contributed by atoms with Crippen LogP contribution in [0.4, 0.5) is 4.79 Å². The monoisotopic (exact) mass is 701 g/mol. The minimum Gasteiger partial charge on any atom is -0.494 e. The first-order valence-electron chi connectivity index (χ1n) is 17.9. The largest absolute Gasteiger partial charge is 0.494 e. The number of imidazole rings is 1. The molecule has 0 saturated carbocycles. The van der Waals surface area contributed by atoms with Gasteiger partial charge < -0.3 is 33.2 Å². The Bertz CT molecular complexity index is 1630. The Hall–Kier alpha value is -3.70. The van der Waals surface area contributed by atoms with Crippen molar-refractivity contribution in [3.05, 3.63) is 95.8 Å². The molecule has 9 nitrogen and oxygen atoms in total. The molecule has 0 spiro atoms. The number of amides is 1. The van der Waals surface area contributed by atoms with Gasteiger partial charge in [-0.3, -0.25) is 0 Å². The molecule has 0 radical (unpaired) electrons. The van der Waals surface area contributed by atoms with Crippen LogP contribution < -0.4 is 4.74 Å². The van der Waals surface area contributed by atoms with E-state index in [9.17, 15) is 4.79 Å². The second-order valence-electron chi connectivity index (χ2n) is 15.4. The topological polar surface area (TPSA) is 84.3 Å². The molecule has 0 bridgehead atoms. The number of piperidine rings is 1. The molecule has 2 heterocycles. The average Bonchev–Trinajstić information content (AvgIpc) is 3.49. The third-order valence-corrected chi connectivity index (χ3v) is 10.4. The SMILES string of the molecule is CC(C)(C)OC(=O)N1CCC(c2ccc(OCCCOCc3ccccc3)cc2)C(OCc2ccc3c(c2)ncn3COCC[Si](C)(C)C)C1. The summed E-state index contributed by atoms with van der Waals surface area (Å²) in [6.45, 7) is 17.3. The van der Waals surface area contributed by atoms with Crippen molar-refractivity contribution in [2.75, 3.05) is 32.9 Å². The van der Waals surface area contributed by atoms with Crippen molar-refractivity contribution in [1.29, 1.82) is 0 Å². The van der Waals surface area contributed by atoms with E-state index in [4.69, 9.17) is 23.7 Å². The summed E-state index contributed by atoms with van der Waals surface area (Å²) >= 11 is 0. The number of rotatable bonds is 16. The van der Waals surface area contributed by atoms with Gasteiger partial charge in [-0.2, -0.15) is 0 Å². The maximum absolute atomic E-state index is 13.1. The van der Waals surface area contributed by atoms with Crippen LogP contribution in [0, 0.1) is 0 Å². The molecule has 2 unspecified atom stereocenters. The van der Waals surface area contributed by atoms with Crippen LogP contribution in [0.25, 0.3) is 11.0 Å². The first-order valence-corrected chi connectivity index (χ1v) is 21.6. The fourth-order valence-electron chi connectivity index (χ4n) is 5.93. The lowest BCUT2D eigenvalue weighted by Gasteiger charge is -2.39. The molecule has 2 atom stereocenters. The zero-order valence-corrected chi connectivity index (χ0v) is 31.7. The molecule has 4 aromatic rings. The minimum absolute atomic E-state index is 0.116. The van der Waals surface area contributed by atoms with Gasteiger partial charge in [0.25, 0.3) is 0 Å². The molecule has 5 rings (SSSR count). The van der Waals surface area contributed by atoms with Crippen molar-refractivity contribution in [2.24, 2.45) is 0 Å². The number of benzene rings is 3. The van der Waals surface area contributed by atoms with Gasteiger partial charge in [0, 0.05) is 33.6 Å². The van der Waals surface area contributed by atoms with Crippen LogP contribution in [0.3, 0.4) is 0 Å². The lowest BCUT2D eigenvalue weighted by atomic mass is 9.87. The van der Waals surface area contributed by atoms with Crippen molar-refractivity contribution in [3.63, 3.8) is 0 Å². The van der Waals surface area contributed by atoms with Crippen LogP contribution in [-0.4, -0.2) is 73.2 Å². The van der Waals surface area contributed by atoms with Gasteiger partial charge in [-0.15, -0.1) is 0 Å². The quantitative estimate of drug-likeness (QED) is 0.0854. The molecule has 1 amide bonds. The number of aromatic nitrogens is 2. The average molecular weight is 702 g/mol. The highest BCUT2D eigenvalue weighted by molar-refractivity contribution is 6.76. The van der Waals surface area contributed by atoms with E-state index in [1.807, 2.05) is 62.0 Å². The van der Waals surface area contributed by atoms with E-state index in [0.29, 0.717) is 46.2 Å². The standard InChI is InChI=1S/C40H55N3O6Si/c1-40(2,3)49-39(44)42-20-19-35(33-14-16-34(17-15-33)47-22-10-21-45-27-31-11-8-7-9-12-31)38(26-42)48-28-32-13-18-37-36(25-32)41-29-43(37)30-46-23-24-50(4,5)6/h7-9,11-18,25,29,35,38H,10,19-24,26-28,30H2,1-6H3. The zero-order chi connectivity index (χ0) is 35.6. The second kappa shape index (κ2) is 17.5. The second-order valence-corrected chi connectivity index (χ2v) is 21.0. The summed E-state index contributed by atoms with van der Waals surface area (Å²) < 4.78 is 32.2. The lowest BCUT2D eigenvalue weighted by Crippen LogP contribution is -2.48. The van der Waals surface area contributed by atoms with E-state index in [-0.39, 0.29) is 18.1 Å². The summed E-state index contributed by atoms with van der Waals surface area (Å²) in [4.78, 5) is 19.5. The minimum atomic E-state index is -1.13. The molecule has 270 valence electrons. The van der Waals surface area contributed by atoms with Gasteiger partial charge >= 0.3 is 6.09 Å². The molecule has 1 aliphatic rings. The smallest absolute Gasteiger partial charge is 0.410 e. The van der Waals surface area contributed by atoms with E-state index in [1.165, 1.54) is 11.1 Å². The van der Waals surface area contributed by atoms with Crippen molar-refractivity contribution < 1.29 is 28.5 Å². The summed E-state index contributed by atoms with van der Waals surface area (Å²) in [5.74, 6) is 0.944. The summed E-state index contributed by atoms with van der Waals surface area (Å²) in [5.41, 5.74) is 4.76. The van der Waals surface area contributed by atoms with Crippen LogP contribution in [0.2, 0.25) is 25.7 Å². The molecule has 10 heteroatoms. The van der Waals surface area contributed by atoms with Crippen LogP contribution in [0.5, 0.6) is 5.75 Å². The first-order chi connectivity index (χ1) is 23.9. The first kappa shape index (κ1) is 37.5. The Balaban J connectivity index is 1.17.